The second kappa shape index (κ2) is 4.59. The predicted octanol–water partition coefficient (Wildman–Crippen LogP) is 2.70. The Balaban J connectivity index is 2.52. The lowest BCUT2D eigenvalue weighted by molar-refractivity contribution is 0.415. The highest BCUT2D eigenvalue weighted by Crippen LogP contribution is 2.31. The van der Waals surface area contributed by atoms with Crippen molar-refractivity contribution in [3.63, 3.8) is 0 Å². The molecule has 0 saturated carbocycles. The third-order valence-electron chi connectivity index (χ3n) is 2.41. The molecular formula is C12H12ClN3O. The van der Waals surface area contributed by atoms with Crippen LogP contribution >= 0.6 is 11.6 Å². The molecule has 0 radical (unpaired) electrons. The monoisotopic (exact) mass is 249 g/mol. The zero-order valence-electron chi connectivity index (χ0n) is 9.57. The van der Waals surface area contributed by atoms with Gasteiger partial charge in [0.15, 0.2) is 5.82 Å². The lowest BCUT2D eigenvalue weighted by Gasteiger charge is -2.09. The van der Waals surface area contributed by atoms with E-state index >= 15 is 0 Å². The topological polar surface area (TPSA) is 61.0 Å². The van der Waals surface area contributed by atoms with Crippen LogP contribution in [-0.4, -0.2) is 17.1 Å². The molecule has 88 valence electrons. The minimum Gasteiger partial charge on any atom is -0.495 e. The van der Waals surface area contributed by atoms with Crippen molar-refractivity contribution >= 4 is 17.3 Å². The normalized spacial score (nSPS) is 10.3. The molecule has 1 heterocycles. The largest absolute Gasteiger partial charge is 0.495 e. The number of nitrogens with two attached hydrogens (primary N) is 1. The average molecular weight is 250 g/mol. The fourth-order valence-corrected chi connectivity index (χ4v) is 1.77. The van der Waals surface area contributed by atoms with Gasteiger partial charge < -0.3 is 10.5 Å². The van der Waals surface area contributed by atoms with Crippen LogP contribution in [0, 0.1) is 6.92 Å². The van der Waals surface area contributed by atoms with Crippen LogP contribution in [0.25, 0.3) is 11.4 Å². The molecule has 0 unspecified atom stereocenters. The molecule has 1 aromatic carbocycles. The number of halogens is 1. The van der Waals surface area contributed by atoms with Gasteiger partial charge in [-0.05, 0) is 24.6 Å². The molecule has 4 nitrogen and oxygen atoms in total. The summed E-state index contributed by atoms with van der Waals surface area (Å²) in [5.74, 6) is 1.24. The Bertz CT molecular complexity index is 540. The number of benzene rings is 1. The molecule has 2 aromatic rings. The number of aromatic nitrogens is 2. The fourth-order valence-electron chi connectivity index (χ4n) is 1.53. The number of aryl methyl sites for hydroxylation is 1. The Labute approximate surface area is 104 Å². The second-order valence-corrected chi connectivity index (χ2v) is 4.05. The molecule has 0 aliphatic carbocycles. The Kier molecular flexibility index (Phi) is 3.15. The quantitative estimate of drug-likeness (QED) is 0.889. The van der Waals surface area contributed by atoms with Crippen molar-refractivity contribution < 1.29 is 4.74 Å². The minimum absolute atomic E-state index is 0.533. The number of nitrogen functional groups attached to an aromatic ring is 1. The van der Waals surface area contributed by atoms with Crippen LogP contribution in [0.4, 0.5) is 5.69 Å². The Morgan fingerprint density at radius 1 is 1.24 bits per heavy atom. The maximum Gasteiger partial charge on any atom is 0.159 e. The van der Waals surface area contributed by atoms with E-state index in [1.165, 1.54) is 0 Å². The Morgan fingerprint density at radius 2 is 1.88 bits per heavy atom. The highest BCUT2D eigenvalue weighted by atomic mass is 35.5. The van der Waals surface area contributed by atoms with Gasteiger partial charge in [-0.25, -0.2) is 9.97 Å². The Morgan fingerprint density at radius 3 is 2.47 bits per heavy atom. The van der Waals surface area contributed by atoms with Crippen molar-refractivity contribution in [3.8, 4) is 17.1 Å². The summed E-state index contributed by atoms with van der Waals surface area (Å²) in [6.45, 7) is 1.95. The maximum absolute atomic E-state index is 6.08. The van der Waals surface area contributed by atoms with Gasteiger partial charge in [0.25, 0.3) is 0 Å². The van der Waals surface area contributed by atoms with Crippen molar-refractivity contribution in [1.29, 1.82) is 0 Å². The lowest BCUT2D eigenvalue weighted by Crippen LogP contribution is -1.95. The van der Waals surface area contributed by atoms with Crippen molar-refractivity contribution in [2.45, 2.75) is 6.92 Å². The summed E-state index contributed by atoms with van der Waals surface area (Å²) in [5, 5.41) is 0.536. The van der Waals surface area contributed by atoms with Crippen LogP contribution in [0.5, 0.6) is 5.75 Å². The first kappa shape index (κ1) is 11.7. The van der Waals surface area contributed by atoms with E-state index in [0.29, 0.717) is 22.3 Å². The van der Waals surface area contributed by atoms with Crippen LogP contribution in [-0.2, 0) is 0 Å². The first-order chi connectivity index (χ1) is 8.11. The highest BCUT2D eigenvalue weighted by Gasteiger charge is 2.09. The van der Waals surface area contributed by atoms with Crippen molar-refractivity contribution in [2.75, 3.05) is 12.8 Å². The van der Waals surface area contributed by atoms with Crippen LogP contribution in [0.15, 0.2) is 24.5 Å². The molecule has 0 aliphatic heterocycles. The summed E-state index contributed by atoms with van der Waals surface area (Å²) < 4.78 is 5.14. The number of methoxy groups -OCH3 is 1. The summed E-state index contributed by atoms with van der Waals surface area (Å²) in [5.41, 5.74) is 7.95. The number of hydrogen-bond donors (Lipinski definition) is 1. The zero-order valence-corrected chi connectivity index (χ0v) is 10.3. The smallest absolute Gasteiger partial charge is 0.159 e. The van der Waals surface area contributed by atoms with E-state index in [9.17, 15) is 0 Å². The van der Waals surface area contributed by atoms with Crippen molar-refractivity contribution in [3.05, 3.63) is 35.1 Å². The van der Waals surface area contributed by atoms with E-state index in [2.05, 4.69) is 9.97 Å². The predicted molar refractivity (Wildman–Crippen MR) is 68.2 cm³/mol. The van der Waals surface area contributed by atoms with E-state index in [0.717, 1.165) is 11.1 Å². The summed E-state index contributed by atoms with van der Waals surface area (Å²) >= 11 is 6.08. The second-order valence-electron chi connectivity index (χ2n) is 3.64. The average Bonchev–Trinajstić information content (AvgIpc) is 2.33. The van der Waals surface area contributed by atoms with Gasteiger partial charge in [0, 0.05) is 5.56 Å². The van der Waals surface area contributed by atoms with E-state index in [-0.39, 0.29) is 0 Å². The standard InChI is InChI=1S/C12H12ClN3O/c1-7-3-11(17-2)10(13)4-9(7)12-15-5-8(14)6-16-12/h3-6H,14H2,1-2H3. The third kappa shape index (κ3) is 2.31. The SMILES string of the molecule is COc1cc(C)c(-c2ncc(N)cn2)cc1Cl. The first-order valence-corrected chi connectivity index (χ1v) is 5.41. The van der Waals surface area contributed by atoms with Gasteiger partial charge in [-0.15, -0.1) is 0 Å². The minimum atomic E-state index is 0.533. The highest BCUT2D eigenvalue weighted by molar-refractivity contribution is 6.32. The molecule has 0 bridgehead atoms. The molecule has 0 amide bonds. The molecule has 17 heavy (non-hydrogen) atoms. The summed E-state index contributed by atoms with van der Waals surface area (Å²) in [6.07, 6.45) is 3.14. The van der Waals surface area contributed by atoms with Gasteiger partial charge in [0.1, 0.15) is 5.75 Å². The molecule has 2 N–H and O–H groups in total. The van der Waals surface area contributed by atoms with Gasteiger partial charge in [-0.3, -0.25) is 0 Å². The number of ether oxygens (including phenoxy) is 1. The van der Waals surface area contributed by atoms with Crippen LogP contribution < -0.4 is 10.5 Å². The van der Waals surface area contributed by atoms with Gasteiger partial charge >= 0.3 is 0 Å². The molecule has 0 aliphatic rings. The number of hydrogen-bond acceptors (Lipinski definition) is 4. The number of nitrogens with zero attached hydrogens (tertiary/aromatic N) is 2. The summed E-state index contributed by atoms with van der Waals surface area (Å²) in [4.78, 5) is 8.34. The molecule has 2 rings (SSSR count). The molecular weight excluding hydrogens is 238 g/mol. The fraction of sp³-hybridized carbons (Fsp3) is 0.167. The van der Waals surface area contributed by atoms with Crippen LogP contribution in [0.3, 0.4) is 0 Å². The summed E-state index contributed by atoms with van der Waals surface area (Å²) in [7, 11) is 1.58. The van der Waals surface area contributed by atoms with E-state index < -0.39 is 0 Å². The Hall–Kier alpha value is -1.81. The molecule has 5 heteroatoms. The van der Waals surface area contributed by atoms with Gasteiger partial charge in [0.2, 0.25) is 0 Å². The molecule has 0 spiro atoms. The lowest BCUT2D eigenvalue weighted by atomic mass is 10.1. The third-order valence-corrected chi connectivity index (χ3v) is 2.71. The van der Waals surface area contributed by atoms with E-state index in [1.54, 1.807) is 25.6 Å². The van der Waals surface area contributed by atoms with Gasteiger partial charge in [-0.1, -0.05) is 11.6 Å². The first-order valence-electron chi connectivity index (χ1n) is 5.04. The summed E-state index contributed by atoms with van der Waals surface area (Å²) in [6, 6.07) is 3.65. The molecule has 0 fully saturated rings. The van der Waals surface area contributed by atoms with Gasteiger partial charge in [-0.2, -0.15) is 0 Å². The number of anilines is 1. The molecule has 1 aromatic heterocycles. The van der Waals surface area contributed by atoms with E-state index in [4.69, 9.17) is 22.1 Å². The maximum atomic E-state index is 6.08. The van der Waals surface area contributed by atoms with Crippen LogP contribution in [0.2, 0.25) is 5.02 Å². The van der Waals surface area contributed by atoms with Crippen molar-refractivity contribution in [1.82, 2.24) is 9.97 Å². The molecule has 0 atom stereocenters. The number of rotatable bonds is 2. The molecule has 0 saturated heterocycles. The van der Waals surface area contributed by atoms with Crippen LogP contribution in [0.1, 0.15) is 5.56 Å². The zero-order chi connectivity index (χ0) is 12.4. The van der Waals surface area contributed by atoms with E-state index in [1.807, 2.05) is 13.0 Å². The van der Waals surface area contributed by atoms with Crippen molar-refractivity contribution in [2.24, 2.45) is 0 Å². The van der Waals surface area contributed by atoms with Gasteiger partial charge in [0.05, 0.1) is 30.2 Å².